The van der Waals surface area contributed by atoms with Crippen LogP contribution in [-0.2, 0) is 11.2 Å². The van der Waals surface area contributed by atoms with Crippen molar-refractivity contribution in [3.05, 3.63) is 42.6 Å². The standard InChI is InChI=1S/C20H22N6O4S/c27-7-14-16(28)17(29)20(30-14)26-9-25-15-18(23-8-24-19(15)26)21-4-3-10-6-22-13-2-1-11(31)5-12(10)13/h1-2,5-6,8-9,14,16-17,20,22,27-29,31H,3-4,7H2,(H,21,23,24)/t14-,16-,17-,20-/m1/s1. The number of rotatable bonds is 6. The molecule has 5 rings (SSSR count). The van der Waals surface area contributed by atoms with E-state index >= 15 is 0 Å². The van der Waals surface area contributed by atoms with E-state index in [1.165, 1.54) is 18.2 Å². The number of H-pyrrole nitrogens is 1. The van der Waals surface area contributed by atoms with Gasteiger partial charge >= 0.3 is 0 Å². The summed E-state index contributed by atoms with van der Waals surface area (Å²) < 4.78 is 7.13. The Hall–Kier alpha value is -2.70. The minimum absolute atomic E-state index is 0.397. The first-order valence-corrected chi connectivity index (χ1v) is 10.3. The second-order valence-electron chi connectivity index (χ2n) is 7.50. The molecule has 1 aliphatic rings. The second kappa shape index (κ2) is 8.09. The number of imidazole rings is 1. The number of nitrogens with one attached hydrogen (secondary N) is 2. The van der Waals surface area contributed by atoms with Gasteiger partial charge < -0.3 is 30.4 Å². The average Bonchev–Trinajstić information content (AvgIpc) is 3.45. The summed E-state index contributed by atoms with van der Waals surface area (Å²) in [5.74, 6) is 0.560. The molecular formula is C20H22N6O4S. The third kappa shape index (κ3) is 3.54. The van der Waals surface area contributed by atoms with Gasteiger partial charge in [0, 0.05) is 28.5 Å². The van der Waals surface area contributed by atoms with Gasteiger partial charge in [0.1, 0.15) is 24.6 Å². The zero-order chi connectivity index (χ0) is 21.5. The van der Waals surface area contributed by atoms with Crippen LogP contribution in [0.2, 0.25) is 0 Å². The van der Waals surface area contributed by atoms with Crippen LogP contribution in [0, 0.1) is 0 Å². The molecule has 4 atom stereocenters. The third-order valence-corrected chi connectivity index (χ3v) is 5.87. The highest BCUT2D eigenvalue weighted by molar-refractivity contribution is 7.80. The van der Waals surface area contributed by atoms with Gasteiger partial charge in [-0.25, -0.2) is 15.0 Å². The lowest BCUT2D eigenvalue weighted by atomic mass is 10.1. The van der Waals surface area contributed by atoms with Crippen molar-refractivity contribution in [3.63, 3.8) is 0 Å². The fourth-order valence-electron chi connectivity index (χ4n) is 3.97. The van der Waals surface area contributed by atoms with Gasteiger partial charge in [-0.15, -0.1) is 12.6 Å². The molecular weight excluding hydrogens is 420 g/mol. The summed E-state index contributed by atoms with van der Waals surface area (Å²) in [6.07, 6.45) is 1.47. The lowest BCUT2D eigenvalue weighted by Crippen LogP contribution is -2.33. The Balaban J connectivity index is 1.35. The largest absolute Gasteiger partial charge is 0.394 e. The summed E-state index contributed by atoms with van der Waals surface area (Å²) in [6.45, 7) is 0.224. The van der Waals surface area contributed by atoms with Crippen molar-refractivity contribution >= 4 is 40.5 Å². The van der Waals surface area contributed by atoms with E-state index in [-0.39, 0.29) is 0 Å². The molecule has 0 saturated carbocycles. The number of nitrogens with zero attached hydrogens (tertiary/aromatic N) is 4. The van der Waals surface area contributed by atoms with E-state index in [9.17, 15) is 15.3 Å². The third-order valence-electron chi connectivity index (χ3n) is 5.59. The molecule has 162 valence electrons. The maximum atomic E-state index is 10.3. The topological polar surface area (TPSA) is 141 Å². The number of hydrogen-bond donors (Lipinski definition) is 6. The van der Waals surface area contributed by atoms with Crippen LogP contribution in [0.5, 0.6) is 0 Å². The summed E-state index contributed by atoms with van der Waals surface area (Å²) in [5, 5.41) is 34.1. The number of benzene rings is 1. The van der Waals surface area contributed by atoms with E-state index in [2.05, 4.69) is 37.9 Å². The molecule has 1 aromatic carbocycles. The fourth-order valence-corrected chi connectivity index (χ4v) is 4.17. The van der Waals surface area contributed by atoms with Crippen LogP contribution >= 0.6 is 12.6 Å². The molecule has 1 saturated heterocycles. The Kier molecular flexibility index (Phi) is 5.28. The van der Waals surface area contributed by atoms with Crippen molar-refractivity contribution in [2.24, 2.45) is 0 Å². The van der Waals surface area contributed by atoms with Crippen LogP contribution in [0.4, 0.5) is 5.82 Å². The van der Waals surface area contributed by atoms with E-state index in [0.717, 1.165) is 22.2 Å². The quantitative estimate of drug-likeness (QED) is 0.242. The number of aliphatic hydroxyl groups is 3. The van der Waals surface area contributed by atoms with Crippen LogP contribution < -0.4 is 5.32 Å². The molecule has 0 radical (unpaired) electrons. The SMILES string of the molecule is OC[C@H]1O[C@@H](n2cnc3c(NCCc4c[nH]c5ccc(S)cc45)ncnc32)[C@H](O)[C@@H]1O. The van der Waals surface area contributed by atoms with Crippen molar-refractivity contribution < 1.29 is 20.1 Å². The van der Waals surface area contributed by atoms with Gasteiger partial charge in [0.25, 0.3) is 0 Å². The van der Waals surface area contributed by atoms with Crippen LogP contribution in [0.15, 0.2) is 41.9 Å². The summed E-state index contributed by atoms with van der Waals surface area (Å²) >= 11 is 4.42. The molecule has 1 fully saturated rings. The van der Waals surface area contributed by atoms with Gasteiger partial charge in [-0.2, -0.15) is 0 Å². The highest BCUT2D eigenvalue weighted by Gasteiger charge is 2.44. The van der Waals surface area contributed by atoms with Crippen molar-refractivity contribution in [2.75, 3.05) is 18.5 Å². The molecule has 0 spiro atoms. The highest BCUT2D eigenvalue weighted by Crippen LogP contribution is 2.32. The van der Waals surface area contributed by atoms with Crippen molar-refractivity contribution in [1.29, 1.82) is 0 Å². The molecule has 4 aromatic rings. The summed E-state index contributed by atoms with van der Waals surface area (Å²) in [6, 6.07) is 5.99. The van der Waals surface area contributed by atoms with E-state index < -0.39 is 31.1 Å². The van der Waals surface area contributed by atoms with Crippen LogP contribution in [0.1, 0.15) is 11.8 Å². The predicted octanol–water partition coefficient (Wildman–Crippen LogP) is 0.862. The number of fused-ring (bicyclic) bond motifs is 2. The smallest absolute Gasteiger partial charge is 0.167 e. The zero-order valence-corrected chi connectivity index (χ0v) is 17.3. The molecule has 31 heavy (non-hydrogen) atoms. The number of ether oxygens (including phenoxy) is 1. The van der Waals surface area contributed by atoms with Gasteiger partial charge in [0.2, 0.25) is 0 Å². The van der Waals surface area contributed by atoms with E-state index in [1.54, 1.807) is 4.57 Å². The first-order chi connectivity index (χ1) is 15.1. The zero-order valence-electron chi connectivity index (χ0n) is 16.4. The fraction of sp³-hybridized carbons (Fsp3) is 0.350. The molecule has 10 nitrogen and oxygen atoms in total. The minimum Gasteiger partial charge on any atom is -0.394 e. The lowest BCUT2D eigenvalue weighted by molar-refractivity contribution is -0.0511. The van der Waals surface area contributed by atoms with Crippen LogP contribution in [0.25, 0.3) is 22.1 Å². The van der Waals surface area contributed by atoms with E-state index in [1.807, 2.05) is 24.4 Å². The monoisotopic (exact) mass is 442 g/mol. The number of anilines is 1. The Morgan fingerprint density at radius 3 is 2.87 bits per heavy atom. The van der Waals surface area contributed by atoms with Gasteiger partial charge in [-0.1, -0.05) is 0 Å². The predicted molar refractivity (Wildman–Crippen MR) is 116 cm³/mol. The number of aliphatic hydroxyl groups excluding tert-OH is 3. The number of aromatic amines is 1. The van der Waals surface area contributed by atoms with Crippen LogP contribution in [0.3, 0.4) is 0 Å². The number of aromatic nitrogens is 5. The Morgan fingerprint density at radius 2 is 2.06 bits per heavy atom. The van der Waals surface area contributed by atoms with Gasteiger partial charge in [0.15, 0.2) is 23.2 Å². The molecule has 1 aliphatic heterocycles. The molecule has 3 aromatic heterocycles. The molecule has 0 bridgehead atoms. The summed E-state index contributed by atoms with van der Waals surface area (Å²) in [7, 11) is 0. The Bertz CT molecular complexity index is 1230. The lowest BCUT2D eigenvalue weighted by Gasteiger charge is -2.16. The first-order valence-electron chi connectivity index (χ1n) is 9.89. The second-order valence-corrected chi connectivity index (χ2v) is 8.01. The Morgan fingerprint density at radius 1 is 1.19 bits per heavy atom. The number of hydrogen-bond acceptors (Lipinski definition) is 9. The van der Waals surface area contributed by atoms with Gasteiger partial charge in [-0.3, -0.25) is 4.57 Å². The maximum Gasteiger partial charge on any atom is 0.167 e. The summed E-state index contributed by atoms with van der Waals surface area (Å²) in [5.41, 5.74) is 3.21. The van der Waals surface area contributed by atoms with Crippen molar-refractivity contribution in [1.82, 2.24) is 24.5 Å². The van der Waals surface area contributed by atoms with Crippen molar-refractivity contribution in [3.8, 4) is 0 Å². The molecule has 11 heteroatoms. The van der Waals surface area contributed by atoms with Crippen molar-refractivity contribution in [2.45, 2.75) is 35.9 Å². The molecule has 0 aliphatic carbocycles. The van der Waals surface area contributed by atoms with E-state index in [0.29, 0.717) is 23.5 Å². The molecule has 5 N–H and O–H groups in total. The first kappa shape index (κ1) is 20.2. The summed E-state index contributed by atoms with van der Waals surface area (Å²) in [4.78, 5) is 17.1. The van der Waals surface area contributed by atoms with Crippen LogP contribution in [-0.4, -0.2) is 71.3 Å². The molecule has 0 amide bonds. The molecule has 4 heterocycles. The number of thiol groups is 1. The minimum atomic E-state index is -1.21. The average molecular weight is 443 g/mol. The maximum absolute atomic E-state index is 10.3. The van der Waals surface area contributed by atoms with E-state index in [4.69, 9.17) is 4.74 Å². The van der Waals surface area contributed by atoms with Gasteiger partial charge in [-0.05, 0) is 30.2 Å². The highest BCUT2D eigenvalue weighted by atomic mass is 32.1. The Labute approximate surface area is 182 Å². The molecule has 0 unspecified atom stereocenters. The normalized spacial score (nSPS) is 23.7. The van der Waals surface area contributed by atoms with Gasteiger partial charge in [0.05, 0.1) is 12.9 Å².